The third kappa shape index (κ3) is 3.20. The molecule has 0 radical (unpaired) electrons. The van der Waals surface area contributed by atoms with Crippen LogP contribution in [0.3, 0.4) is 0 Å². The lowest BCUT2D eigenvalue weighted by Crippen LogP contribution is -2.67. The van der Waals surface area contributed by atoms with E-state index in [2.05, 4.69) is 13.8 Å². The van der Waals surface area contributed by atoms with Crippen LogP contribution >= 0.6 is 0 Å². The molecule has 0 N–H and O–H groups in total. The number of sulfone groups is 1. The molecule has 1 heterocycles. The molecule has 8 atom stereocenters. The average Bonchev–Trinajstić information content (AvgIpc) is 3.58. The van der Waals surface area contributed by atoms with Crippen molar-refractivity contribution in [1.82, 2.24) is 4.90 Å². The van der Waals surface area contributed by atoms with Crippen LogP contribution in [0.5, 0.6) is 0 Å². The summed E-state index contributed by atoms with van der Waals surface area (Å²) in [6.45, 7) is 4.68. The van der Waals surface area contributed by atoms with E-state index < -0.39 is 20.5 Å². The highest BCUT2D eigenvalue weighted by Crippen LogP contribution is 2.66. The van der Waals surface area contributed by atoms with Crippen molar-refractivity contribution in [3.8, 4) is 0 Å². The van der Waals surface area contributed by atoms with Gasteiger partial charge in [-0.2, -0.15) is 0 Å². The van der Waals surface area contributed by atoms with E-state index in [1.54, 1.807) is 24.3 Å². The fourth-order valence-electron chi connectivity index (χ4n) is 8.96. The van der Waals surface area contributed by atoms with Gasteiger partial charge in [0.15, 0.2) is 9.84 Å². The summed E-state index contributed by atoms with van der Waals surface area (Å²) in [5.74, 6) is 1.41. The first-order chi connectivity index (χ1) is 16.2. The third-order valence-electron chi connectivity index (χ3n) is 10.9. The van der Waals surface area contributed by atoms with Crippen LogP contribution in [0.25, 0.3) is 0 Å². The zero-order chi connectivity index (χ0) is 23.9. The molecule has 0 aromatic heterocycles. The zero-order valence-electron chi connectivity index (χ0n) is 20.8. The van der Waals surface area contributed by atoms with Crippen LogP contribution < -0.4 is 0 Å². The molecular formula is C28H39NO4S. The summed E-state index contributed by atoms with van der Waals surface area (Å²) < 4.78 is 34.6. The molecule has 1 aliphatic heterocycles. The van der Waals surface area contributed by atoms with E-state index in [-0.39, 0.29) is 23.8 Å². The number of ether oxygens (including phenoxy) is 1. The standard InChI is InChI=1S/C28H39NO4S/c1-27-16-15-22-20(21(27)12-14-24(27)33-18-9-10-18)11-13-23-28(22,2)25(17-26(30)29(23)3)34(31,32)19-7-5-4-6-8-19/h4-8,18,20-25H,9-17H2,1-3H3/t20?,21?,22?,23-,24+,25?,27?,28?/m1/s1. The van der Waals surface area contributed by atoms with Crippen molar-refractivity contribution in [2.75, 3.05) is 7.05 Å². The maximum Gasteiger partial charge on any atom is 0.223 e. The monoisotopic (exact) mass is 485 g/mol. The number of carbonyl (C=O) groups is 1. The van der Waals surface area contributed by atoms with E-state index in [4.69, 9.17) is 4.74 Å². The van der Waals surface area contributed by atoms with Crippen molar-refractivity contribution < 1.29 is 17.9 Å². The Morgan fingerprint density at radius 2 is 1.68 bits per heavy atom. The molecule has 0 bridgehead atoms. The number of benzene rings is 1. The van der Waals surface area contributed by atoms with Crippen LogP contribution in [0, 0.1) is 28.6 Å². The quantitative estimate of drug-likeness (QED) is 0.612. The molecule has 1 saturated heterocycles. The largest absolute Gasteiger partial charge is 0.374 e. The number of fused-ring (bicyclic) bond motifs is 5. The highest BCUT2D eigenvalue weighted by Gasteiger charge is 2.66. The summed E-state index contributed by atoms with van der Waals surface area (Å²) in [6, 6.07) is 8.82. The molecule has 5 fully saturated rings. The Balaban J connectivity index is 1.38. The van der Waals surface area contributed by atoms with Gasteiger partial charge in [-0.05, 0) is 86.7 Å². The minimum Gasteiger partial charge on any atom is -0.374 e. The number of amides is 1. The van der Waals surface area contributed by atoms with E-state index in [0.717, 1.165) is 32.1 Å². The second kappa shape index (κ2) is 7.80. The van der Waals surface area contributed by atoms with Crippen LogP contribution in [0.2, 0.25) is 0 Å². The Hall–Kier alpha value is -1.40. The summed E-state index contributed by atoms with van der Waals surface area (Å²) >= 11 is 0. The fraction of sp³-hybridized carbons (Fsp3) is 0.750. The topological polar surface area (TPSA) is 63.7 Å². The van der Waals surface area contributed by atoms with Gasteiger partial charge in [0.1, 0.15) is 0 Å². The first kappa shape index (κ1) is 23.0. The Kier molecular flexibility index (Phi) is 5.28. The van der Waals surface area contributed by atoms with Gasteiger partial charge in [-0.25, -0.2) is 8.42 Å². The number of piperidine rings is 1. The number of rotatable bonds is 4. The first-order valence-corrected chi connectivity index (χ1v) is 14.9. The zero-order valence-corrected chi connectivity index (χ0v) is 21.6. The molecule has 5 aliphatic rings. The first-order valence-electron chi connectivity index (χ1n) is 13.4. The molecule has 5 nitrogen and oxygen atoms in total. The molecule has 1 amide bonds. The van der Waals surface area contributed by atoms with Gasteiger partial charge < -0.3 is 9.64 Å². The molecule has 186 valence electrons. The van der Waals surface area contributed by atoms with E-state index in [1.807, 2.05) is 18.0 Å². The molecule has 1 aromatic carbocycles. The number of hydrogen-bond acceptors (Lipinski definition) is 4. The predicted molar refractivity (Wildman–Crippen MR) is 131 cm³/mol. The van der Waals surface area contributed by atoms with Crippen LogP contribution in [-0.4, -0.2) is 49.8 Å². The average molecular weight is 486 g/mol. The van der Waals surface area contributed by atoms with Gasteiger partial charge in [-0.3, -0.25) is 4.79 Å². The third-order valence-corrected chi connectivity index (χ3v) is 13.2. The van der Waals surface area contributed by atoms with Crippen molar-refractivity contribution in [2.24, 2.45) is 28.6 Å². The summed E-state index contributed by atoms with van der Waals surface area (Å²) in [5, 5.41) is -0.659. The molecule has 1 aromatic rings. The van der Waals surface area contributed by atoms with E-state index in [0.29, 0.717) is 34.9 Å². The lowest BCUT2D eigenvalue weighted by molar-refractivity contribution is -0.161. The van der Waals surface area contributed by atoms with Crippen LogP contribution in [0.4, 0.5) is 0 Å². The van der Waals surface area contributed by atoms with Gasteiger partial charge in [-0.1, -0.05) is 32.0 Å². The summed E-state index contributed by atoms with van der Waals surface area (Å²) in [4.78, 5) is 15.3. The highest BCUT2D eigenvalue weighted by molar-refractivity contribution is 7.92. The second-order valence-corrected chi connectivity index (χ2v) is 14.5. The maximum absolute atomic E-state index is 14.1. The maximum atomic E-state index is 14.1. The molecule has 4 saturated carbocycles. The van der Waals surface area contributed by atoms with Crippen molar-refractivity contribution in [1.29, 1.82) is 0 Å². The molecule has 6 heteroatoms. The van der Waals surface area contributed by atoms with Gasteiger partial charge in [0, 0.05) is 24.9 Å². The minimum atomic E-state index is -3.63. The van der Waals surface area contributed by atoms with Gasteiger partial charge in [0.25, 0.3) is 0 Å². The molecular weight excluding hydrogens is 446 g/mol. The number of likely N-dealkylation sites (tertiary alicyclic amines) is 1. The number of hydrogen-bond donors (Lipinski definition) is 0. The van der Waals surface area contributed by atoms with Gasteiger partial charge in [0.2, 0.25) is 5.91 Å². The molecule has 4 aliphatic carbocycles. The number of nitrogens with zero attached hydrogens (tertiary/aromatic N) is 1. The smallest absolute Gasteiger partial charge is 0.223 e. The van der Waals surface area contributed by atoms with Crippen molar-refractivity contribution >= 4 is 15.7 Å². The van der Waals surface area contributed by atoms with Crippen LogP contribution in [0.1, 0.15) is 71.6 Å². The molecule has 34 heavy (non-hydrogen) atoms. The number of carbonyl (C=O) groups excluding carboxylic acids is 1. The molecule has 6 unspecified atom stereocenters. The Morgan fingerprint density at radius 1 is 0.941 bits per heavy atom. The fourth-order valence-corrected chi connectivity index (χ4v) is 11.2. The lowest BCUT2D eigenvalue weighted by atomic mass is 9.47. The lowest BCUT2D eigenvalue weighted by Gasteiger charge is -2.63. The normalized spacial score (nSPS) is 44.3. The van der Waals surface area contributed by atoms with E-state index in [1.165, 1.54) is 19.3 Å². The van der Waals surface area contributed by atoms with Gasteiger partial charge >= 0.3 is 0 Å². The van der Waals surface area contributed by atoms with Gasteiger partial charge in [0.05, 0.1) is 22.4 Å². The summed E-state index contributed by atoms with van der Waals surface area (Å²) in [7, 11) is -1.72. The Labute approximate surface area is 204 Å². The van der Waals surface area contributed by atoms with E-state index in [9.17, 15) is 13.2 Å². The van der Waals surface area contributed by atoms with Gasteiger partial charge in [-0.15, -0.1) is 0 Å². The van der Waals surface area contributed by atoms with Crippen LogP contribution in [-0.2, 0) is 19.4 Å². The summed E-state index contributed by atoms with van der Waals surface area (Å²) in [6.07, 6.45) is 9.83. The van der Waals surface area contributed by atoms with E-state index >= 15 is 0 Å². The minimum absolute atomic E-state index is 0.0113. The Morgan fingerprint density at radius 3 is 2.38 bits per heavy atom. The Bertz CT molecular complexity index is 1070. The molecule has 6 rings (SSSR count). The predicted octanol–water partition coefficient (Wildman–Crippen LogP) is 4.85. The van der Waals surface area contributed by atoms with Crippen molar-refractivity contribution in [2.45, 2.75) is 100 Å². The van der Waals surface area contributed by atoms with Crippen molar-refractivity contribution in [3.63, 3.8) is 0 Å². The summed E-state index contributed by atoms with van der Waals surface area (Å²) in [5.41, 5.74) is -0.228. The van der Waals surface area contributed by atoms with Crippen LogP contribution in [0.15, 0.2) is 35.2 Å². The second-order valence-electron chi connectivity index (χ2n) is 12.3. The SMILES string of the molecule is CN1C(=O)CC(S(=O)(=O)c2ccccc2)C2(C)C3CCC4(C)C(CC[C@@H]4OC4CC4)C3CC[C@@H]12. The highest BCUT2D eigenvalue weighted by atomic mass is 32.2. The molecule has 0 spiro atoms. The van der Waals surface area contributed by atoms with Crippen molar-refractivity contribution in [3.05, 3.63) is 30.3 Å².